The van der Waals surface area contributed by atoms with Crippen molar-refractivity contribution >= 4 is 28.1 Å². The van der Waals surface area contributed by atoms with Gasteiger partial charge in [0.2, 0.25) is 0 Å². The summed E-state index contributed by atoms with van der Waals surface area (Å²) in [5.41, 5.74) is 2.88. The zero-order chi connectivity index (χ0) is 18.1. The number of aryl methyl sites for hydroxylation is 1. The van der Waals surface area contributed by atoms with Gasteiger partial charge >= 0.3 is 0 Å². The van der Waals surface area contributed by atoms with Crippen molar-refractivity contribution in [3.8, 4) is 10.7 Å². The third-order valence-corrected chi connectivity index (χ3v) is 6.04. The number of hydrogen-bond donors (Lipinski definition) is 0. The lowest BCUT2D eigenvalue weighted by Crippen LogP contribution is -2.48. The van der Waals surface area contributed by atoms with Crippen LogP contribution in [0.25, 0.3) is 21.6 Å². The average Bonchev–Trinajstić information content (AvgIpc) is 3.31. The van der Waals surface area contributed by atoms with Gasteiger partial charge < -0.3 is 14.4 Å². The molecule has 1 aliphatic heterocycles. The van der Waals surface area contributed by atoms with Crippen molar-refractivity contribution in [2.24, 2.45) is 0 Å². The molecule has 1 amide bonds. The summed E-state index contributed by atoms with van der Waals surface area (Å²) < 4.78 is 2.27. The zero-order valence-electron chi connectivity index (χ0n) is 15.3. The summed E-state index contributed by atoms with van der Waals surface area (Å²) in [6, 6.07) is 10.5. The van der Waals surface area contributed by atoms with Gasteiger partial charge in [0.25, 0.3) is 5.91 Å². The van der Waals surface area contributed by atoms with Crippen LogP contribution >= 0.6 is 11.3 Å². The maximum absolute atomic E-state index is 12.8. The molecule has 1 aromatic carbocycles. The molecule has 2 aromatic heterocycles. The fourth-order valence-corrected chi connectivity index (χ4v) is 4.46. The molecule has 136 valence electrons. The van der Waals surface area contributed by atoms with Gasteiger partial charge in [0.15, 0.2) is 0 Å². The first kappa shape index (κ1) is 17.2. The normalized spacial score (nSPS) is 15.7. The number of hydrogen-bond acceptors (Lipinski definition) is 4. The minimum absolute atomic E-state index is 0.0578. The van der Waals surface area contributed by atoms with Crippen molar-refractivity contribution in [1.82, 2.24) is 19.4 Å². The average molecular weight is 369 g/mol. The molecule has 1 fully saturated rings. The van der Waals surface area contributed by atoms with Crippen molar-refractivity contribution < 1.29 is 4.79 Å². The molecule has 26 heavy (non-hydrogen) atoms. The van der Waals surface area contributed by atoms with E-state index in [0.717, 1.165) is 50.0 Å². The number of rotatable bonds is 4. The van der Waals surface area contributed by atoms with Gasteiger partial charge in [0, 0.05) is 49.0 Å². The Hall–Kier alpha value is -2.18. The van der Waals surface area contributed by atoms with Gasteiger partial charge in [-0.2, -0.15) is 0 Å². The van der Waals surface area contributed by atoms with Gasteiger partial charge in [-0.1, -0.05) is 25.1 Å². The molecular formula is C20H24N4OS. The largest absolute Gasteiger partial charge is 0.339 e. The second-order valence-electron chi connectivity index (χ2n) is 6.60. The Bertz CT molecular complexity index is 921. The molecule has 3 heterocycles. The Morgan fingerprint density at radius 1 is 1.12 bits per heavy atom. The van der Waals surface area contributed by atoms with Crippen LogP contribution in [0.15, 0.2) is 35.7 Å². The molecule has 6 heteroatoms. The topological polar surface area (TPSA) is 41.4 Å². The molecule has 0 aliphatic carbocycles. The Balaban J connectivity index is 1.60. The molecule has 1 aliphatic rings. The predicted octanol–water partition coefficient (Wildman–Crippen LogP) is 3.56. The van der Waals surface area contributed by atoms with Crippen LogP contribution in [0.1, 0.15) is 24.3 Å². The first-order chi connectivity index (χ1) is 12.7. The highest BCUT2D eigenvalue weighted by molar-refractivity contribution is 7.13. The van der Waals surface area contributed by atoms with Gasteiger partial charge in [0.1, 0.15) is 10.7 Å². The molecule has 0 atom stereocenters. The van der Waals surface area contributed by atoms with Crippen LogP contribution < -0.4 is 0 Å². The number of para-hydroxylation sites is 1. The van der Waals surface area contributed by atoms with Crippen molar-refractivity contribution in [2.75, 3.05) is 32.7 Å². The summed E-state index contributed by atoms with van der Waals surface area (Å²) >= 11 is 1.55. The van der Waals surface area contributed by atoms with E-state index in [1.165, 1.54) is 10.9 Å². The standard InChI is InChI=1S/C20H24N4OS/c1-3-22-9-11-23(12-10-22)20(25)16-14-26-19(21-16)18-13-15-7-5-6-8-17(15)24(18)4-2/h5-8,13-14H,3-4,9-12H2,1-2H3. The maximum Gasteiger partial charge on any atom is 0.273 e. The highest BCUT2D eigenvalue weighted by Gasteiger charge is 2.24. The van der Waals surface area contributed by atoms with E-state index in [1.54, 1.807) is 11.3 Å². The number of nitrogens with zero attached hydrogens (tertiary/aromatic N) is 4. The van der Waals surface area contributed by atoms with E-state index in [-0.39, 0.29) is 5.91 Å². The minimum atomic E-state index is 0.0578. The molecule has 0 saturated carbocycles. The lowest BCUT2D eigenvalue weighted by Gasteiger charge is -2.33. The second-order valence-corrected chi connectivity index (χ2v) is 7.46. The van der Waals surface area contributed by atoms with Crippen LogP contribution in [0, 0.1) is 0 Å². The van der Waals surface area contributed by atoms with E-state index in [9.17, 15) is 4.79 Å². The monoisotopic (exact) mass is 368 g/mol. The molecule has 3 aromatic rings. The third-order valence-electron chi connectivity index (χ3n) is 5.18. The molecule has 0 unspecified atom stereocenters. The van der Waals surface area contributed by atoms with Crippen molar-refractivity contribution in [2.45, 2.75) is 20.4 Å². The first-order valence-corrected chi connectivity index (χ1v) is 10.1. The number of carbonyl (C=O) groups excluding carboxylic acids is 1. The Kier molecular flexibility index (Phi) is 4.78. The summed E-state index contributed by atoms with van der Waals surface area (Å²) in [5, 5.41) is 4.03. The van der Waals surface area contributed by atoms with Crippen LogP contribution in [0.3, 0.4) is 0 Å². The quantitative estimate of drug-likeness (QED) is 0.707. The van der Waals surface area contributed by atoms with Crippen molar-refractivity contribution in [1.29, 1.82) is 0 Å². The fourth-order valence-electron chi connectivity index (χ4n) is 3.65. The number of amides is 1. The van der Waals surface area contributed by atoms with E-state index in [1.807, 2.05) is 10.3 Å². The van der Waals surface area contributed by atoms with E-state index >= 15 is 0 Å². The van der Waals surface area contributed by atoms with Crippen LogP contribution in [0.5, 0.6) is 0 Å². The zero-order valence-corrected chi connectivity index (χ0v) is 16.1. The first-order valence-electron chi connectivity index (χ1n) is 9.27. The Morgan fingerprint density at radius 2 is 1.88 bits per heavy atom. The molecule has 0 radical (unpaired) electrons. The molecule has 5 nitrogen and oxygen atoms in total. The molecule has 1 saturated heterocycles. The van der Waals surface area contributed by atoms with E-state index < -0.39 is 0 Å². The number of thiazole rings is 1. The van der Waals surface area contributed by atoms with Crippen LogP contribution in [0.2, 0.25) is 0 Å². The fraction of sp³-hybridized carbons (Fsp3) is 0.400. The highest BCUT2D eigenvalue weighted by atomic mass is 32.1. The summed E-state index contributed by atoms with van der Waals surface area (Å²) in [6.07, 6.45) is 0. The Morgan fingerprint density at radius 3 is 2.62 bits per heavy atom. The summed E-state index contributed by atoms with van der Waals surface area (Å²) in [7, 11) is 0. The SMILES string of the molecule is CCN1CCN(C(=O)c2csc(-c3cc4ccccc4n3CC)n2)CC1. The van der Waals surface area contributed by atoms with Gasteiger partial charge in [-0.3, -0.25) is 4.79 Å². The lowest BCUT2D eigenvalue weighted by atomic mass is 10.2. The second kappa shape index (κ2) is 7.21. The Labute approximate surface area is 157 Å². The van der Waals surface area contributed by atoms with E-state index in [0.29, 0.717) is 5.69 Å². The minimum Gasteiger partial charge on any atom is -0.339 e. The number of fused-ring (bicyclic) bond motifs is 1. The molecular weight excluding hydrogens is 344 g/mol. The number of aromatic nitrogens is 2. The maximum atomic E-state index is 12.8. The molecule has 0 bridgehead atoms. The van der Waals surface area contributed by atoms with Crippen LogP contribution in [0.4, 0.5) is 0 Å². The van der Waals surface area contributed by atoms with Gasteiger partial charge in [-0.05, 0) is 25.6 Å². The van der Waals surface area contributed by atoms with E-state index in [2.05, 4.69) is 53.6 Å². The van der Waals surface area contributed by atoms with Gasteiger partial charge in [-0.25, -0.2) is 4.98 Å². The number of likely N-dealkylation sites (N-methyl/N-ethyl adjacent to an activating group) is 1. The van der Waals surface area contributed by atoms with Crippen LogP contribution in [-0.2, 0) is 6.54 Å². The third kappa shape index (κ3) is 3.04. The van der Waals surface area contributed by atoms with E-state index in [4.69, 9.17) is 4.98 Å². The summed E-state index contributed by atoms with van der Waals surface area (Å²) in [4.78, 5) is 21.8. The molecule has 4 rings (SSSR count). The summed E-state index contributed by atoms with van der Waals surface area (Å²) in [5.74, 6) is 0.0578. The van der Waals surface area contributed by atoms with Crippen LogP contribution in [-0.4, -0.2) is 58.0 Å². The van der Waals surface area contributed by atoms with Gasteiger partial charge in [0.05, 0.1) is 5.69 Å². The van der Waals surface area contributed by atoms with Crippen molar-refractivity contribution in [3.63, 3.8) is 0 Å². The highest BCUT2D eigenvalue weighted by Crippen LogP contribution is 2.30. The molecule has 0 spiro atoms. The van der Waals surface area contributed by atoms with Crippen molar-refractivity contribution in [3.05, 3.63) is 41.4 Å². The predicted molar refractivity (Wildman–Crippen MR) is 107 cm³/mol. The number of piperazine rings is 1. The summed E-state index contributed by atoms with van der Waals surface area (Å²) in [6.45, 7) is 9.70. The smallest absolute Gasteiger partial charge is 0.273 e. The molecule has 0 N–H and O–H groups in total. The lowest BCUT2D eigenvalue weighted by molar-refractivity contribution is 0.0638. The number of benzene rings is 1. The van der Waals surface area contributed by atoms with Gasteiger partial charge in [-0.15, -0.1) is 11.3 Å². The number of carbonyl (C=O) groups is 1.